The quantitative estimate of drug-likeness (QED) is 0.454. The van der Waals surface area contributed by atoms with Crippen LogP contribution >= 0.6 is 0 Å². The van der Waals surface area contributed by atoms with Crippen LogP contribution in [-0.2, 0) is 17.6 Å². The minimum Gasteiger partial charge on any atom is -0.437 e. The lowest BCUT2D eigenvalue weighted by Crippen LogP contribution is -2.15. The molecular formula is C15H14O5. The summed E-state index contributed by atoms with van der Waals surface area (Å²) in [4.78, 5) is 23.0. The number of rotatable bonds is 1. The molecule has 0 aliphatic heterocycles. The van der Waals surface area contributed by atoms with E-state index in [9.17, 15) is 9.59 Å². The molecule has 0 unspecified atom stereocenters. The highest BCUT2D eigenvalue weighted by Gasteiger charge is 2.18. The van der Waals surface area contributed by atoms with Gasteiger partial charge in [0.1, 0.15) is 11.3 Å². The summed E-state index contributed by atoms with van der Waals surface area (Å²) < 4.78 is 14.7. The Kier molecular flexibility index (Phi) is 3.18. The van der Waals surface area contributed by atoms with Gasteiger partial charge in [0, 0.05) is 17.0 Å². The van der Waals surface area contributed by atoms with Crippen LogP contribution in [0.1, 0.15) is 24.0 Å². The van der Waals surface area contributed by atoms with Crippen molar-refractivity contribution in [3.63, 3.8) is 0 Å². The summed E-state index contributed by atoms with van der Waals surface area (Å²) in [6, 6.07) is 5.04. The second-order valence-electron chi connectivity index (χ2n) is 4.77. The predicted octanol–water partition coefficient (Wildman–Crippen LogP) is 2.82. The zero-order chi connectivity index (χ0) is 14.1. The number of hydrogen-bond acceptors (Lipinski definition) is 5. The zero-order valence-corrected chi connectivity index (χ0v) is 11.1. The summed E-state index contributed by atoms with van der Waals surface area (Å²) in [5, 5.41) is 0.913. The van der Waals surface area contributed by atoms with Gasteiger partial charge >= 0.3 is 11.8 Å². The fourth-order valence-electron chi connectivity index (χ4n) is 2.63. The van der Waals surface area contributed by atoms with E-state index >= 15 is 0 Å². The summed E-state index contributed by atoms with van der Waals surface area (Å²) >= 11 is 0. The van der Waals surface area contributed by atoms with Crippen molar-refractivity contribution in [3.05, 3.63) is 39.7 Å². The molecule has 0 fully saturated rings. The molecule has 1 aromatic carbocycles. The molecule has 3 rings (SSSR count). The highest BCUT2D eigenvalue weighted by atomic mass is 16.7. The molecule has 0 amide bonds. The molecule has 20 heavy (non-hydrogen) atoms. The molecule has 1 aliphatic rings. The first-order valence-corrected chi connectivity index (χ1v) is 6.53. The number of methoxy groups -OCH3 is 1. The van der Waals surface area contributed by atoms with Crippen molar-refractivity contribution in [2.45, 2.75) is 25.7 Å². The van der Waals surface area contributed by atoms with E-state index in [1.54, 1.807) is 12.1 Å². The fourth-order valence-corrected chi connectivity index (χ4v) is 2.63. The van der Waals surface area contributed by atoms with Crippen LogP contribution in [0.4, 0.5) is 4.79 Å². The van der Waals surface area contributed by atoms with Crippen LogP contribution in [0.5, 0.6) is 5.75 Å². The molecule has 0 radical (unpaired) electrons. The van der Waals surface area contributed by atoms with E-state index in [1.165, 1.54) is 7.11 Å². The standard InChI is InChI=1S/C15H14O5/c1-18-15(17)19-9-6-7-11-10-4-2-3-5-12(10)14(16)20-13(11)8-9/h6-8H,2-5H2,1H3. The number of ether oxygens (including phenoxy) is 2. The lowest BCUT2D eigenvalue weighted by molar-refractivity contribution is 0.121. The molecule has 5 heteroatoms. The van der Waals surface area contributed by atoms with Gasteiger partial charge in [-0.15, -0.1) is 0 Å². The van der Waals surface area contributed by atoms with Crippen LogP contribution in [0.25, 0.3) is 11.0 Å². The SMILES string of the molecule is COC(=O)Oc1ccc2c3c(c(=O)oc2c1)CCCC3. The number of carbonyl (C=O) groups is 1. The summed E-state index contributed by atoms with van der Waals surface area (Å²) in [5.41, 5.74) is 2.00. The second kappa shape index (κ2) is 5.00. The van der Waals surface area contributed by atoms with E-state index in [0.717, 1.165) is 42.2 Å². The van der Waals surface area contributed by atoms with Gasteiger partial charge in [-0.1, -0.05) is 0 Å². The minimum absolute atomic E-state index is 0.289. The Morgan fingerprint density at radius 2 is 1.95 bits per heavy atom. The van der Waals surface area contributed by atoms with Gasteiger partial charge in [0.05, 0.1) is 7.11 Å². The largest absolute Gasteiger partial charge is 0.513 e. The van der Waals surface area contributed by atoms with Crippen molar-refractivity contribution in [3.8, 4) is 5.75 Å². The number of fused-ring (bicyclic) bond motifs is 3. The van der Waals surface area contributed by atoms with Crippen LogP contribution in [0, 0.1) is 0 Å². The van der Waals surface area contributed by atoms with E-state index in [4.69, 9.17) is 9.15 Å². The van der Waals surface area contributed by atoms with Gasteiger partial charge in [-0.2, -0.15) is 0 Å². The molecule has 1 aromatic heterocycles. The normalized spacial score (nSPS) is 13.8. The van der Waals surface area contributed by atoms with Gasteiger partial charge in [0.25, 0.3) is 0 Å². The Balaban J connectivity index is 2.12. The second-order valence-corrected chi connectivity index (χ2v) is 4.77. The number of carbonyl (C=O) groups excluding carboxylic acids is 1. The molecular weight excluding hydrogens is 260 g/mol. The maximum atomic E-state index is 12.0. The van der Waals surface area contributed by atoms with Crippen LogP contribution in [-0.4, -0.2) is 13.3 Å². The molecule has 0 bridgehead atoms. The highest BCUT2D eigenvalue weighted by molar-refractivity contribution is 5.83. The van der Waals surface area contributed by atoms with Crippen molar-refractivity contribution in [2.24, 2.45) is 0 Å². The van der Waals surface area contributed by atoms with Gasteiger partial charge in [-0.05, 0) is 43.4 Å². The molecule has 0 saturated carbocycles. The maximum absolute atomic E-state index is 12.0. The molecule has 0 spiro atoms. The molecule has 5 nitrogen and oxygen atoms in total. The van der Waals surface area contributed by atoms with E-state index in [-0.39, 0.29) is 5.63 Å². The topological polar surface area (TPSA) is 65.7 Å². The van der Waals surface area contributed by atoms with Gasteiger partial charge in [-0.3, -0.25) is 0 Å². The smallest absolute Gasteiger partial charge is 0.437 e. The lowest BCUT2D eigenvalue weighted by atomic mass is 9.91. The van der Waals surface area contributed by atoms with Crippen LogP contribution < -0.4 is 10.4 Å². The Labute approximate surface area is 115 Å². The van der Waals surface area contributed by atoms with Crippen molar-refractivity contribution >= 4 is 17.1 Å². The summed E-state index contributed by atoms with van der Waals surface area (Å²) in [6.07, 6.45) is 2.95. The Bertz CT molecular complexity index is 729. The van der Waals surface area contributed by atoms with E-state index in [0.29, 0.717) is 11.3 Å². The Morgan fingerprint density at radius 1 is 1.20 bits per heavy atom. The molecule has 2 aromatic rings. The van der Waals surface area contributed by atoms with E-state index < -0.39 is 6.16 Å². The van der Waals surface area contributed by atoms with Crippen molar-refractivity contribution in [1.82, 2.24) is 0 Å². The fraction of sp³-hybridized carbons (Fsp3) is 0.333. The Morgan fingerprint density at radius 3 is 2.70 bits per heavy atom. The molecule has 0 saturated heterocycles. The Hall–Kier alpha value is -2.30. The van der Waals surface area contributed by atoms with Gasteiger partial charge in [0.2, 0.25) is 0 Å². The molecule has 1 aliphatic carbocycles. The average molecular weight is 274 g/mol. The third-order valence-corrected chi connectivity index (χ3v) is 3.56. The highest BCUT2D eigenvalue weighted by Crippen LogP contribution is 2.29. The third-order valence-electron chi connectivity index (χ3n) is 3.56. The van der Waals surface area contributed by atoms with E-state index in [2.05, 4.69) is 4.74 Å². The maximum Gasteiger partial charge on any atom is 0.513 e. The molecule has 0 N–H and O–H groups in total. The first-order valence-electron chi connectivity index (χ1n) is 6.53. The van der Waals surface area contributed by atoms with Gasteiger partial charge in [0.15, 0.2) is 0 Å². The van der Waals surface area contributed by atoms with E-state index in [1.807, 2.05) is 6.07 Å². The number of benzene rings is 1. The van der Waals surface area contributed by atoms with Crippen LogP contribution in [0.15, 0.2) is 27.4 Å². The first kappa shape index (κ1) is 12.7. The summed E-state index contributed by atoms with van der Waals surface area (Å²) in [7, 11) is 1.24. The number of hydrogen-bond donors (Lipinski definition) is 0. The zero-order valence-electron chi connectivity index (χ0n) is 11.1. The first-order chi connectivity index (χ1) is 9.69. The van der Waals surface area contributed by atoms with Gasteiger partial charge < -0.3 is 13.9 Å². The summed E-state index contributed by atoms with van der Waals surface area (Å²) in [5.74, 6) is 0.295. The van der Waals surface area contributed by atoms with Crippen molar-refractivity contribution in [2.75, 3.05) is 7.11 Å². The van der Waals surface area contributed by atoms with Crippen LogP contribution in [0.3, 0.4) is 0 Å². The predicted molar refractivity (Wildman–Crippen MR) is 72.2 cm³/mol. The average Bonchev–Trinajstić information content (AvgIpc) is 2.47. The summed E-state index contributed by atoms with van der Waals surface area (Å²) in [6.45, 7) is 0. The van der Waals surface area contributed by atoms with Crippen molar-refractivity contribution < 1.29 is 18.7 Å². The van der Waals surface area contributed by atoms with Gasteiger partial charge in [-0.25, -0.2) is 9.59 Å². The molecule has 1 heterocycles. The van der Waals surface area contributed by atoms with Crippen molar-refractivity contribution in [1.29, 1.82) is 0 Å². The lowest BCUT2D eigenvalue weighted by Gasteiger charge is -2.16. The molecule has 104 valence electrons. The number of aryl methyl sites for hydroxylation is 1. The minimum atomic E-state index is -0.801. The monoisotopic (exact) mass is 274 g/mol. The molecule has 0 atom stereocenters. The third kappa shape index (κ3) is 2.15. The van der Waals surface area contributed by atoms with Crippen LogP contribution in [0.2, 0.25) is 0 Å².